The summed E-state index contributed by atoms with van der Waals surface area (Å²) in [5.41, 5.74) is 34.0. The van der Waals surface area contributed by atoms with Crippen molar-refractivity contribution in [2.45, 2.75) is 290 Å². The minimum absolute atomic E-state index is 0.00000472. The summed E-state index contributed by atoms with van der Waals surface area (Å²) < 4.78 is 173. The molecule has 0 aliphatic carbocycles. The number of halogens is 3. The predicted octanol–water partition coefficient (Wildman–Crippen LogP) is 10.1. The molecule has 0 aromatic heterocycles. The topological polar surface area (TPSA) is 602 Å². The molecule has 9 rings (SSSR count). The monoisotopic (exact) mass is 1850 g/mol. The van der Waals surface area contributed by atoms with Crippen molar-refractivity contribution >= 4 is 72.5 Å². The van der Waals surface area contributed by atoms with Crippen LogP contribution in [0.4, 0.5) is 13.2 Å². The first-order valence-electron chi connectivity index (χ1n) is 39.8. The molecule has 50 heteroatoms. The number of carbonyl (C=O) groups is 7. The average Bonchev–Trinajstić information content (AvgIpc) is 1.73. The van der Waals surface area contributed by atoms with Gasteiger partial charge in [-0.25, -0.2) is 0 Å². The lowest BCUT2D eigenvalue weighted by atomic mass is 9.82. The van der Waals surface area contributed by atoms with Crippen molar-refractivity contribution in [2.75, 3.05) is 26.4 Å². The number of nitrogens with zero attached hydrogens (tertiary/aromatic N) is 12. The second kappa shape index (κ2) is 52.7. The smallest absolute Gasteiger partial charge is 0.463 e. The van der Waals surface area contributed by atoms with Crippen molar-refractivity contribution in [1.82, 2.24) is 0 Å². The third-order valence-electron chi connectivity index (χ3n) is 20.7. The summed E-state index contributed by atoms with van der Waals surface area (Å²) in [4.78, 5) is 123. The molecule has 7 aliphatic heterocycles. The van der Waals surface area contributed by atoms with Gasteiger partial charge in [0.2, 0.25) is 14.6 Å². The molecule has 2 aromatic rings. The number of fused-ring (bicyclic) bond motifs is 2. The highest BCUT2D eigenvalue weighted by molar-refractivity contribution is 7.88. The van der Waals surface area contributed by atoms with Gasteiger partial charge in [0.1, 0.15) is 68.5 Å². The number of azide groups is 4. The fraction of sp³-hybridized carbons (Fsp3) is 0.727. The molecule has 7 heterocycles. The Labute approximate surface area is 730 Å². The number of alkyl halides is 3. The zero-order valence-electron chi connectivity index (χ0n) is 73.2. The quantitative estimate of drug-likeness (QED) is 0.0112. The molecule has 13 unspecified atom stereocenters. The summed E-state index contributed by atoms with van der Waals surface area (Å²) >= 11 is 0. The van der Waals surface area contributed by atoms with Crippen LogP contribution in [-0.2, 0) is 170 Å². The molecule has 706 valence electrons. The van der Waals surface area contributed by atoms with Crippen molar-refractivity contribution in [3.05, 3.63) is 114 Å². The molecule has 0 spiro atoms. The lowest BCUT2D eigenvalue weighted by Crippen LogP contribution is -2.62. The first-order valence-corrected chi connectivity index (χ1v) is 44.6. The van der Waals surface area contributed by atoms with E-state index in [0.29, 0.717) is 0 Å². The van der Waals surface area contributed by atoms with Gasteiger partial charge in [-0.3, -0.25) is 33.6 Å². The highest BCUT2D eigenvalue weighted by atomic mass is 32.2. The van der Waals surface area contributed by atoms with E-state index >= 15 is 0 Å². The fourth-order valence-corrected chi connectivity index (χ4v) is 17.5. The molecule has 0 radical (unpaired) electrons. The van der Waals surface area contributed by atoms with E-state index in [1.807, 2.05) is 109 Å². The number of carbonyl (C=O) groups excluding carboxylic acids is 11. The molecule has 0 amide bonds. The van der Waals surface area contributed by atoms with Crippen LogP contribution in [0.1, 0.15) is 122 Å². The minimum atomic E-state index is -5.39. The Morgan fingerprint density at radius 2 is 0.787 bits per heavy atom. The number of rotatable bonds is 28. The summed E-state index contributed by atoms with van der Waals surface area (Å²) in [6.07, 6.45) is -15.3. The van der Waals surface area contributed by atoms with E-state index in [9.17, 15) is 77.3 Å². The Bertz CT molecular complexity index is 4270. The summed E-state index contributed by atoms with van der Waals surface area (Å²) in [6.45, 7) is 30.0. The maximum absolute atomic E-state index is 12.2. The Kier molecular flexibility index (Phi) is 45.5. The van der Waals surface area contributed by atoms with Crippen LogP contribution in [0.15, 0.2) is 81.1 Å². The highest BCUT2D eigenvalue weighted by Crippen LogP contribution is 2.44. The van der Waals surface area contributed by atoms with E-state index in [4.69, 9.17) is 104 Å². The van der Waals surface area contributed by atoms with Crippen molar-refractivity contribution in [1.29, 1.82) is 0 Å². The Morgan fingerprint density at radius 1 is 0.433 bits per heavy atom. The van der Waals surface area contributed by atoms with Gasteiger partial charge < -0.3 is 93.9 Å². The van der Waals surface area contributed by atoms with E-state index in [1.54, 1.807) is 13.8 Å². The second-order valence-corrected chi connectivity index (χ2v) is 37.3. The number of benzene rings is 2. The van der Waals surface area contributed by atoms with E-state index in [1.165, 1.54) is 68.1 Å². The van der Waals surface area contributed by atoms with E-state index in [-0.39, 0.29) is 75.6 Å². The van der Waals surface area contributed by atoms with Crippen molar-refractivity contribution in [3.8, 4) is 0 Å². The molecule has 7 saturated heterocycles. The van der Waals surface area contributed by atoms with Crippen LogP contribution in [0.2, 0.25) is 19.6 Å². The fourth-order valence-electron chi connectivity index (χ4n) is 14.5. The van der Waals surface area contributed by atoms with Crippen LogP contribution in [0.25, 0.3) is 41.8 Å². The predicted molar refractivity (Wildman–Crippen MR) is 424 cm³/mol. The van der Waals surface area contributed by atoms with Gasteiger partial charge in [-0.1, -0.05) is 130 Å². The Morgan fingerprint density at radius 3 is 1.13 bits per heavy atom. The number of hydrogen-bond donors (Lipinski definition) is 0. The normalized spacial score (nSPS) is 32.8. The maximum atomic E-state index is 12.2. The lowest BCUT2D eigenvalue weighted by Gasteiger charge is -2.50. The summed E-state index contributed by atoms with van der Waals surface area (Å²) in [5.74, 6) is -5.87. The van der Waals surface area contributed by atoms with Gasteiger partial charge in [0.05, 0.1) is 74.6 Å². The van der Waals surface area contributed by atoms with Crippen LogP contribution >= 0.6 is 0 Å². The first-order chi connectivity index (χ1) is 59.7. The SMILES string of the molecule is CC(=O)OC(C)=O.CC(=O)OCC1O[C@H](O[C@@H]2C(C)O[C@@H](O[C@@H]3C(COC(C)=O)OC(OC(C)=O)C(N=[N+]=[N-])[C@H]3C)C(OCc3ccccc3)[C@H]2C)C(N=[N+]=[N-])[C@@H](C)[C@@H]1C.CC(=O)OCC1O[C@H](O[C@@H]2C(C)O[C@@H](O[C@H]3C(OC(C)=O)[C@H](N=[N+]=[N-])C4OC[C@H]3O4)C(OCc3ccccc3)[C@H]2C)C(N=[N+]=[N-])[C@@H](C)[C@@H]1C.C[Si](C)(C)OS(=O)(=O)C(F)(F)F.O=C=O.O=C=O. The molecular weight excluding hydrogens is 1740 g/mol. The molecule has 30 atom stereocenters. The molecule has 45 nitrogen and oxygen atoms in total. The van der Waals surface area contributed by atoms with Gasteiger partial charge in [0.15, 0.2) is 31.5 Å². The molecule has 0 N–H and O–H groups in total. The standard InChI is InChI=1S/C35H50N6O12.C32H44N6O11.C4H9F3O3SSi.C4H6O3.2CO2/c1-17-18(2)28(38-40-36)34(50-26(17)15-45-22(6)42)52-30-20(4)32(47-14-25-12-10-9-11-13-25)35(48-21(30)5)53-31-19(3)29(39-41-37)33(49-24(8)44)51-27(31)16-46-23(7)43;1-15-16(2)24(35-37-33)31(46-22(15)13-41-19(5)39)48-26-17(3)27(42-12-21-10-8-7-9-11-21)32(44-18(26)4)49-28-23-14-43-30(47-23)25(36-38-34)29(28)45-20(6)40;1-12(2,3)10-11(8,9)4(5,6)7;1-3(5)7-4(2)6;2*2-1-3/h9-13,17-21,26-35H,14-16H2,1-8H3;7-11,15-18,22-32H,12-14H2,1-6H3;1-3H3;1-2H3;;/t17-,18-,19+,20-,21?,26?,27?,28?,29?,30-,31-,32?,33?,34+,35-;15-,16-,17-,18?,22?,23+,24?,25-,26-,27?,28+,29?,30?,31+,32-;;;;/m00..../s1. The molecule has 7 fully saturated rings. The Balaban J connectivity index is 0.000000420. The van der Waals surface area contributed by atoms with Crippen LogP contribution in [0.5, 0.6) is 0 Å². The van der Waals surface area contributed by atoms with Gasteiger partial charge in [-0.15, -0.1) is 0 Å². The van der Waals surface area contributed by atoms with Gasteiger partial charge in [0.25, 0.3) is 0 Å². The van der Waals surface area contributed by atoms with Gasteiger partial charge >= 0.3 is 69.7 Å². The second-order valence-electron chi connectivity index (χ2n) is 31.1. The molecule has 127 heavy (non-hydrogen) atoms. The average molecular weight is 1850 g/mol. The van der Waals surface area contributed by atoms with E-state index < -0.39 is 225 Å². The number of esters is 7. The first kappa shape index (κ1) is 110. The number of ether oxygens (including phenoxy) is 19. The summed E-state index contributed by atoms with van der Waals surface area (Å²) in [5, 5.41) is 15.7. The van der Waals surface area contributed by atoms with E-state index in [2.05, 4.69) is 48.7 Å². The number of hydrogen-bond acceptors (Lipinski definition) is 37. The zero-order valence-corrected chi connectivity index (χ0v) is 75.0. The van der Waals surface area contributed by atoms with Gasteiger partial charge in [-0.2, -0.15) is 40.8 Å². The van der Waals surface area contributed by atoms with Gasteiger partial charge in [-0.05, 0) is 96.3 Å². The molecule has 2 aromatic carbocycles. The van der Waals surface area contributed by atoms with Crippen molar-refractivity contribution in [3.63, 3.8) is 0 Å². The molecular formula is C77H109F3N12O33SSi. The third-order valence-corrected chi connectivity index (χ3v) is 24.2. The van der Waals surface area contributed by atoms with Crippen LogP contribution < -0.4 is 0 Å². The molecule has 2 bridgehead atoms. The summed E-state index contributed by atoms with van der Waals surface area (Å²) in [6, 6.07) is 15.7. The molecule has 0 saturated carbocycles. The van der Waals surface area contributed by atoms with Crippen LogP contribution in [0, 0.1) is 41.4 Å². The van der Waals surface area contributed by atoms with E-state index in [0.717, 1.165) is 11.1 Å². The Hall–Kier alpha value is -9.67. The zero-order chi connectivity index (χ0) is 95.5. The lowest BCUT2D eigenvalue weighted by molar-refractivity contribution is -0.353. The largest absolute Gasteiger partial charge is 0.522 e. The van der Waals surface area contributed by atoms with Crippen LogP contribution in [-0.4, -0.2) is 244 Å². The highest BCUT2D eigenvalue weighted by Gasteiger charge is 2.58. The summed E-state index contributed by atoms with van der Waals surface area (Å²) in [7, 11) is -8.10. The van der Waals surface area contributed by atoms with Crippen molar-refractivity contribution < 1.29 is 168 Å². The van der Waals surface area contributed by atoms with Gasteiger partial charge in [0, 0.05) is 79.9 Å². The van der Waals surface area contributed by atoms with Crippen molar-refractivity contribution in [2.24, 2.45) is 61.9 Å². The third kappa shape index (κ3) is 34.0. The maximum Gasteiger partial charge on any atom is 0.522 e. The minimum Gasteiger partial charge on any atom is -0.463 e. The van der Waals surface area contributed by atoms with Crippen LogP contribution in [0.3, 0.4) is 0 Å². The molecule has 7 aliphatic rings.